The van der Waals surface area contributed by atoms with E-state index in [1.54, 1.807) is 7.11 Å². The fourth-order valence-corrected chi connectivity index (χ4v) is 3.02. The van der Waals surface area contributed by atoms with Gasteiger partial charge in [-0.05, 0) is 25.5 Å². The molecule has 3 N–H and O–H groups in total. The lowest BCUT2D eigenvalue weighted by atomic mass is 9.97. The molecule has 0 radical (unpaired) electrons. The van der Waals surface area contributed by atoms with E-state index < -0.39 is 0 Å². The number of nitrogens with two attached hydrogens (primary N) is 1. The molecular formula is C8H18N2OS. The molecule has 2 unspecified atom stereocenters. The Kier molecular flexibility index (Phi) is 3.83. The molecule has 1 aliphatic heterocycles. The molecule has 1 rings (SSSR count). The van der Waals surface area contributed by atoms with Crippen LogP contribution in [0.25, 0.3) is 0 Å². The zero-order valence-corrected chi connectivity index (χ0v) is 8.62. The van der Waals surface area contributed by atoms with Gasteiger partial charge in [-0.1, -0.05) is 0 Å². The molecule has 0 aromatic rings. The lowest BCUT2D eigenvalue weighted by Crippen LogP contribution is -2.51. The Bertz CT molecular complexity index is 137. The van der Waals surface area contributed by atoms with Gasteiger partial charge in [0.05, 0.1) is 12.6 Å². The fourth-order valence-electron chi connectivity index (χ4n) is 1.64. The van der Waals surface area contributed by atoms with E-state index in [1.807, 2.05) is 11.8 Å². The Hall–Kier alpha value is 0.230. The van der Waals surface area contributed by atoms with Gasteiger partial charge in [0.1, 0.15) is 0 Å². The zero-order valence-electron chi connectivity index (χ0n) is 7.80. The summed E-state index contributed by atoms with van der Waals surface area (Å²) in [5.74, 6) is 6.73. The van der Waals surface area contributed by atoms with E-state index in [0.29, 0.717) is 6.61 Å². The number of hydrogen-bond acceptors (Lipinski definition) is 4. The van der Waals surface area contributed by atoms with Crippen LogP contribution in [-0.2, 0) is 4.74 Å². The predicted octanol–water partition coefficient (Wildman–Crippen LogP) is 0.750. The van der Waals surface area contributed by atoms with Crippen LogP contribution in [0, 0.1) is 0 Å². The molecule has 1 aliphatic rings. The number of rotatable bonds is 4. The minimum atomic E-state index is 0.269. The maximum absolute atomic E-state index is 5.48. The summed E-state index contributed by atoms with van der Waals surface area (Å²) in [6, 6.07) is 0.273. The topological polar surface area (TPSA) is 47.3 Å². The maximum Gasteiger partial charge on any atom is 0.0642 e. The molecule has 1 saturated heterocycles. The van der Waals surface area contributed by atoms with Gasteiger partial charge in [0.2, 0.25) is 0 Å². The summed E-state index contributed by atoms with van der Waals surface area (Å²) < 4.78 is 5.39. The van der Waals surface area contributed by atoms with E-state index in [4.69, 9.17) is 10.6 Å². The third-order valence-corrected chi connectivity index (χ3v) is 4.16. The third-order valence-electron chi connectivity index (χ3n) is 2.52. The Morgan fingerprint density at radius 3 is 2.92 bits per heavy atom. The van der Waals surface area contributed by atoms with Crippen LogP contribution < -0.4 is 11.3 Å². The fraction of sp³-hybridized carbons (Fsp3) is 1.00. The summed E-state index contributed by atoms with van der Waals surface area (Å²) in [6.45, 7) is 2.95. The maximum atomic E-state index is 5.48. The van der Waals surface area contributed by atoms with Crippen molar-refractivity contribution in [3.63, 3.8) is 0 Å². The quantitative estimate of drug-likeness (QED) is 0.507. The van der Waals surface area contributed by atoms with Gasteiger partial charge in [0.25, 0.3) is 0 Å². The monoisotopic (exact) mass is 190 g/mol. The number of hydrogen-bond donors (Lipinski definition) is 2. The van der Waals surface area contributed by atoms with Crippen LogP contribution in [0.1, 0.15) is 19.8 Å². The second-order valence-electron chi connectivity index (χ2n) is 3.44. The highest BCUT2D eigenvalue weighted by molar-refractivity contribution is 8.00. The van der Waals surface area contributed by atoms with Gasteiger partial charge in [-0.3, -0.25) is 11.3 Å². The number of ether oxygens (including phenoxy) is 1. The molecule has 12 heavy (non-hydrogen) atoms. The summed E-state index contributed by atoms with van der Waals surface area (Å²) in [5, 5.41) is 0. The summed E-state index contributed by atoms with van der Waals surface area (Å²) >= 11 is 1.99. The lowest BCUT2D eigenvalue weighted by Gasteiger charge is -2.32. The highest BCUT2D eigenvalue weighted by atomic mass is 32.2. The lowest BCUT2D eigenvalue weighted by molar-refractivity contribution is 0.151. The molecule has 0 saturated carbocycles. The van der Waals surface area contributed by atoms with Gasteiger partial charge in [0, 0.05) is 11.9 Å². The van der Waals surface area contributed by atoms with Crippen LogP contribution in [0.2, 0.25) is 0 Å². The predicted molar refractivity (Wildman–Crippen MR) is 53.1 cm³/mol. The van der Waals surface area contributed by atoms with Gasteiger partial charge in [-0.2, -0.15) is 11.8 Å². The van der Waals surface area contributed by atoms with Gasteiger partial charge >= 0.3 is 0 Å². The molecule has 3 nitrogen and oxygen atoms in total. The van der Waals surface area contributed by atoms with Crippen LogP contribution in [0.3, 0.4) is 0 Å². The van der Waals surface area contributed by atoms with Crippen molar-refractivity contribution in [2.75, 3.05) is 19.5 Å². The van der Waals surface area contributed by atoms with Crippen molar-refractivity contribution in [2.24, 2.45) is 5.84 Å². The summed E-state index contributed by atoms with van der Waals surface area (Å²) in [7, 11) is 1.72. The van der Waals surface area contributed by atoms with Crippen molar-refractivity contribution >= 4 is 11.8 Å². The number of nitrogens with one attached hydrogen (secondary N) is 1. The summed E-state index contributed by atoms with van der Waals surface area (Å²) in [4.78, 5) is 0. The average Bonchev–Trinajstić information content (AvgIpc) is 2.49. The SMILES string of the molecule is COCC(NN)C1(C)CCCS1. The Balaban J connectivity index is 2.50. The van der Waals surface area contributed by atoms with Crippen LogP contribution >= 0.6 is 11.8 Å². The Morgan fingerprint density at radius 2 is 2.50 bits per heavy atom. The second-order valence-corrected chi connectivity index (χ2v) is 5.07. The van der Waals surface area contributed by atoms with Crippen molar-refractivity contribution in [3.8, 4) is 0 Å². The minimum Gasteiger partial charge on any atom is -0.383 e. The Labute approximate surface area is 78.4 Å². The number of methoxy groups -OCH3 is 1. The standard InChI is InChI=1S/C8H18N2OS/c1-8(4-3-5-12-8)7(10-9)6-11-2/h7,10H,3-6,9H2,1-2H3. The molecule has 72 valence electrons. The van der Waals surface area contributed by atoms with Crippen molar-refractivity contribution in [1.29, 1.82) is 0 Å². The van der Waals surface area contributed by atoms with Gasteiger partial charge < -0.3 is 4.74 Å². The molecule has 0 aromatic carbocycles. The number of hydrazine groups is 1. The van der Waals surface area contributed by atoms with Crippen LogP contribution in [0.5, 0.6) is 0 Å². The zero-order chi connectivity index (χ0) is 9.03. The molecule has 0 bridgehead atoms. The van der Waals surface area contributed by atoms with Gasteiger partial charge in [0.15, 0.2) is 0 Å². The van der Waals surface area contributed by atoms with E-state index in [1.165, 1.54) is 18.6 Å². The summed E-state index contributed by atoms with van der Waals surface area (Å²) in [5.41, 5.74) is 2.84. The van der Waals surface area contributed by atoms with Crippen molar-refractivity contribution in [2.45, 2.75) is 30.6 Å². The Morgan fingerprint density at radius 1 is 1.75 bits per heavy atom. The summed E-state index contributed by atoms with van der Waals surface area (Å²) in [6.07, 6.45) is 2.53. The first-order chi connectivity index (χ1) is 5.73. The van der Waals surface area contributed by atoms with Crippen molar-refractivity contribution in [1.82, 2.24) is 5.43 Å². The van der Waals surface area contributed by atoms with Gasteiger partial charge in [-0.15, -0.1) is 0 Å². The minimum absolute atomic E-state index is 0.269. The molecular weight excluding hydrogens is 172 g/mol. The van der Waals surface area contributed by atoms with E-state index >= 15 is 0 Å². The van der Waals surface area contributed by atoms with Crippen molar-refractivity contribution < 1.29 is 4.74 Å². The average molecular weight is 190 g/mol. The highest BCUT2D eigenvalue weighted by Gasteiger charge is 2.37. The van der Waals surface area contributed by atoms with Crippen molar-refractivity contribution in [3.05, 3.63) is 0 Å². The van der Waals surface area contributed by atoms with E-state index in [9.17, 15) is 0 Å². The van der Waals surface area contributed by atoms with E-state index in [0.717, 1.165) is 0 Å². The van der Waals surface area contributed by atoms with E-state index in [2.05, 4.69) is 12.3 Å². The van der Waals surface area contributed by atoms with Crippen LogP contribution in [0.15, 0.2) is 0 Å². The normalized spacial score (nSPS) is 32.2. The van der Waals surface area contributed by atoms with E-state index in [-0.39, 0.29) is 10.8 Å². The first kappa shape index (κ1) is 10.3. The third kappa shape index (κ3) is 2.13. The van der Waals surface area contributed by atoms with Crippen LogP contribution in [0.4, 0.5) is 0 Å². The molecule has 1 heterocycles. The molecule has 1 fully saturated rings. The molecule has 0 amide bonds. The molecule has 2 atom stereocenters. The molecule has 4 heteroatoms. The first-order valence-electron chi connectivity index (χ1n) is 4.32. The molecule has 0 aromatic heterocycles. The second kappa shape index (κ2) is 4.46. The van der Waals surface area contributed by atoms with Gasteiger partial charge in [-0.25, -0.2) is 0 Å². The molecule has 0 spiro atoms. The molecule has 0 aliphatic carbocycles. The first-order valence-corrected chi connectivity index (χ1v) is 5.30. The number of thioether (sulfide) groups is 1. The highest BCUT2D eigenvalue weighted by Crippen LogP contribution is 2.40. The smallest absolute Gasteiger partial charge is 0.0642 e. The largest absolute Gasteiger partial charge is 0.383 e. The van der Waals surface area contributed by atoms with Crippen LogP contribution in [-0.4, -0.2) is 30.3 Å².